The van der Waals surface area contributed by atoms with Crippen molar-refractivity contribution in [1.29, 1.82) is 0 Å². The number of benzene rings is 2. The number of amides is 1. The molecule has 0 aliphatic carbocycles. The molecule has 0 aliphatic heterocycles. The van der Waals surface area contributed by atoms with Gasteiger partial charge in [0, 0.05) is 22.4 Å². The number of halogens is 2. The first-order valence-electron chi connectivity index (χ1n) is 8.63. The molecule has 30 heavy (non-hydrogen) atoms. The number of nitrogens with two attached hydrogens (primary N) is 1. The standard InChI is InChI=1S/C22H18F2N2O4/c1-22(30,21(23)24)18(20(28)29)26-19(27)16-10-6-14(7-11-16)4-2-3-5-15-8-12-17(25)13-9-15/h6-13,18,21,30H,25H2,1H3,(H,26,27)(H,28,29). The van der Waals surface area contributed by atoms with Gasteiger partial charge in [0.1, 0.15) is 0 Å². The number of alkyl halides is 2. The lowest BCUT2D eigenvalue weighted by atomic mass is 9.96. The third-order valence-electron chi connectivity index (χ3n) is 4.08. The molecule has 8 heteroatoms. The van der Waals surface area contributed by atoms with Gasteiger partial charge in [-0.3, -0.25) is 4.79 Å². The minimum absolute atomic E-state index is 0.0184. The number of rotatable bonds is 5. The van der Waals surface area contributed by atoms with E-state index in [1.807, 2.05) is 5.32 Å². The summed E-state index contributed by atoms with van der Waals surface area (Å²) in [6, 6.07) is 10.5. The second kappa shape index (κ2) is 9.55. The number of aliphatic carboxylic acids is 1. The molecule has 0 spiro atoms. The van der Waals surface area contributed by atoms with E-state index >= 15 is 0 Å². The topological polar surface area (TPSA) is 113 Å². The van der Waals surface area contributed by atoms with E-state index in [1.54, 1.807) is 24.3 Å². The first-order valence-corrected chi connectivity index (χ1v) is 8.63. The van der Waals surface area contributed by atoms with Gasteiger partial charge in [0.25, 0.3) is 12.3 Å². The predicted octanol–water partition coefficient (Wildman–Crippen LogP) is 1.87. The highest BCUT2D eigenvalue weighted by Crippen LogP contribution is 2.20. The number of hydrogen-bond donors (Lipinski definition) is 4. The van der Waals surface area contributed by atoms with E-state index in [9.17, 15) is 23.5 Å². The molecule has 2 rings (SSSR count). The van der Waals surface area contributed by atoms with Gasteiger partial charge >= 0.3 is 5.97 Å². The fraction of sp³-hybridized carbons (Fsp3) is 0.182. The molecular weight excluding hydrogens is 394 g/mol. The smallest absolute Gasteiger partial charge is 0.329 e. The van der Waals surface area contributed by atoms with Crippen molar-refractivity contribution in [1.82, 2.24) is 5.32 Å². The van der Waals surface area contributed by atoms with E-state index in [-0.39, 0.29) is 5.56 Å². The lowest BCUT2D eigenvalue weighted by Gasteiger charge is -2.29. The van der Waals surface area contributed by atoms with Crippen LogP contribution in [0.15, 0.2) is 48.5 Å². The van der Waals surface area contributed by atoms with Gasteiger partial charge in [-0.25, -0.2) is 13.6 Å². The third-order valence-corrected chi connectivity index (χ3v) is 4.08. The summed E-state index contributed by atoms with van der Waals surface area (Å²) in [4.78, 5) is 23.4. The highest BCUT2D eigenvalue weighted by molar-refractivity contribution is 5.97. The van der Waals surface area contributed by atoms with Crippen LogP contribution in [0.3, 0.4) is 0 Å². The van der Waals surface area contributed by atoms with Gasteiger partial charge in [0.2, 0.25) is 0 Å². The molecule has 0 fully saturated rings. The number of nitrogen functional groups attached to an aromatic ring is 1. The Labute approximate surface area is 171 Å². The molecule has 2 atom stereocenters. The number of anilines is 1. The first-order chi connectivity index (χ1) is 14.1. The molecule has 0 heterocycles. The molecule has 0 bridgehead atoms. The van der Waals surface area contributed by atoms with Crippen LogP contribution >= 0.6 is 0 Å². The lowest BCUT2D eigenvalue weighted by molar-refractivity contribution is -0.157. The number of carboxylic acids is 1. The summed E-state index contributed by atoms with van der Waals surface area (Å²) >= 11 is 0. The van der Waals surface area contributed by atoms with E-state index in [1.165, 1.54) is 24.3 Å². The number of nitrogens with one attached hydrogen (secondary N) is 1. The quantitative estimate of drug-likeness (QED) is 0.443. The molecule has 154 valence electrons. The largest absolute Gasteiger partial charge is 0.480 e. The van der Waals surface area contributed by atoms with Crippen LogP contribution in [-0.2, 0) is 4.79 Å². The van der Waals surface area contributed by atoms with Gasteiger partial charge in [0.15, 0.2) is 11.6 Å². The van der Waals surface area contributed by atoms with Crippen LogP contribution in [0.2, 0.25) is 0 Å². The van der Waals surface area contributed by atoms with Crippen LogP contribution in [-0.4, -0.2) is 40.2 Å². The molecule has 0 aromatic heterocycles. The number of carbonyl (C=O) groups is 2. The fourth-order valence-electron chi connectivity index (χ4n) is 2.28. The summed E-state index contributed by atoms with van der Waals surface area (Å²) in [7, 11) is 0. The summed E-state index contributed by atoms with van der Waals surface area (Å²) in [5.41, 5.74) is 4.58. The van der Waals surface area contributed by atoms with Gasteiger partial charge in [-0.15, -0.1) is 0 Å². The van der Waals surface area contributed by atoms with Crippen molar-refractivity contribution in [3.63, 3.8) is 0 Å². The van der Waals surface area contributed by atoms with E-state index in [4.69, 9.17) is 10.8 Å². The van der Waals surface area contributed by atoms with E-state index in [2.05, 4.69) is 23.7 Å². The summed E-state index contributed by atoms with van der Waals surface area (Å²) in [6.07, 6.45) is -3.37. The first kappa shape index (κ1) is 22.4. The number of aliphatic hydroxyl groups is 1. The highest BCUT2D eigenvalue weighted by Gasteiger charge is 2.46. The van der Waals surface area contributed by atoms with Crippen LogP contribution in [0.25, 0.3) is 0 Å². The van der Waals surface area contributed by atoms with E-state index < -0.39 is 29.9 Å². The van der Waals surface area contributed by atoms with Crippen molar-refractivity contribution in [3.05, 3.63) is 65.2 Å². The molecule has 5 N–H and O–H groups in total. The zero-order chi connectivity index (χ0) is 22.3. The summed E-state index contributed by atoms with van der Waals surface area (Å²) in [6.45, 7) is 0.640. The summed E-state index contributed by atoms with van der Waals surface area (Å²) < 4.78 is 25.8. The van der Waals surface area contributed by atoms with Gasteiger partial charge in [0.05, 0.1) is 0 Å². The van der Waals surface area contributed by atoms with Gasteiger partial charge in [-0.05, 0) is 67.3 Å². The molecule has 2 aromatic carbocycles. The lowest BCUT2D eigenvalue weighted by Crippen LogP contribution is -2.59. The number of hydrogen-bond acceptors (Lipinski definition) is 4. The Morgan fingerprint density at radius 2 is 1.47 bits per heavy atom. The number of carbonyl (C=O) groups excluding carboxylic acids is 1. The average molecular weight is 412 g/mol. The third kappa shape index (κ3) is 5.81. The van der Waals surface area contributed by atoms with Crippen molar-refractivity contribution in [3.8, 4) is 23.7 Å². The van der Waals surface area contributed by atoms with Crippen molar-refractivity contribution in [2.24, 2.45) is 0 Å². The molecule has 0 saturated heterocycles. The Morgan fingerprint density at radius 1 is 1.00 bits per heavy atom. The Morgan fingerprint density at radius 3 is 1.90 bits per heavy atom. The molecule has 2 aromatic rings. The summed E-state index contributed by atoms with van der Waals surface area (Å²) in [5.74, 6) is 8.25. The van der Waals surface area contributed by atoms with Crippen molar-refractivity contribution in [2.45, 2.75) is 25.0 Å². The maximum Gasteiger partial charge on any atom is 0.329 e. The minimum Gasteiger partial charge on any atom is -0.480 e. The maximum atomic E-state index is 12.9. The van der Waals surface area contributed by atoms with Gasteiger partial charge in [-0.1, -0.05) is 11.8 Å². The zero-order valence-electron chi connectivity index (χ0n) is 15.8. The van der Waals surface area contributed by atoms with Crippen LogP contribution in [0, 0.1) is 23.7 Å². The number of carboxylic acid groups (broad SMARTS) is 1. The molecule has 0 saturated carbocycles. The second-order valence-electron chi connectivity index (χ2n) is 6.47. The molecule has 0 radical (unpaired) electrons. The molecule has 2 unspecified atom stereocenters. The molecule has 1 amide bonds. The molecule has 0 aliphatic rings. The average Bonchev–Trinajstić information content (AvgIpc) is 2.70. The van der Waals surface area contributed by atoms with Crippen LogP contribution in [0.5, 0.6) is 0 Å². The predicted molar refractivity (Wildman–Crippen MR) is 107 cm³/mol. The minimum atomic E-state index is -3.37. The van der Waals surface area contributed by atoms with Gasteiger partial charge in [-0.2, -0.15) is 0 Å². The van der Waals surface area contributed by atoms with E-state index in [0.29, 0.717) is 18.2 Å². The van der Waals surface area contributed by atoms with Crippen molar-refractivity contribution < 1.29 is 28.6 Å². The zero-order valence-corrected chi connectivity index (χ0v) is 15.8. The van der Waals surface area contributed by atoms with Crippen molar-refractivity contribution in [2.75, 3.05) is 5.73 Å². The summed E-state index contributed by atoms with van der Waals surface area (Å²) in [5, 5.41) is 20.7. The SMILES string of the molecule is CC(O)(C(F)F)C(NC(=O)c1ccc(C#CC#Cc2ccc(N)cc2)cc1)C(=O)O. The second-order valence-corrected chi connectivity index (χ2v) is 6.47. The van der Waals surface area contributed by atoms with Crippen LogP contribution in [0.4, 0.5) is 14.5 Å². The Hall–Kier alpha value is -3.88. The van der Waals surface area contributed by atoms with Gasteiger partial charge < -0.3 is 21.3 Å². The Bertz CT molecular complexity index is 1040. The van der Waals surface area contributed by atoms with E-state index in [0.717, 1.165) is 5.56 Å². The maximum absolute atomic E-state index is 12.9. The normalized spacial score (nSPS) is 13.1. The highest BCUT2D eigenvalue weighted by atomic mass is 19.3. The monoisotopic (exact) mass is 412 g/mol. The fourth-order valence-corrected chi connectivity index (χ4v) is 2.28. The molecule has 6 nitrogen and oxygen atoms in total. The Kier molecular flexibility index (Phi) is 7.13. The Balaban J connectivity index is 2.08. The molecular formula is C22H18F2N2O4. The van der Waals surface area contributed by atoms with Crippen molar-refractivity contribution >= 4 is 17.6 Å². The van der Waals surface area contributed by atoms with Crippen LogP contribution < -0.4 is 11.1 Å². The van der Waals surface area contributed by atoms with Crippen LogP contribution in [0.1, 0.15) is 28.4 Å².